The summed E-state index contributed by atoms with van der Waals surface area (Å²) in [6.07, 6.45) is 2.75. The summed E-state index contributed by atoms with van der Waals surface area (Å²) in [5.41, 5.74) is 7.16. The topological polar surface area (TPSA) is 60.8 Å². The highest BCUT2D eigenvalue weighted by Crippen LogP contribution is 2.37. The van der Waals surface area contributed by atoms with Gasteiger partial charge in [-0.2, -0.15) is 0 Å². The third kappa shape index (κ3) is 3.19. The van der Waals surface area contributed by atoms with Crippen molar-refractivity contribution < 1.29 is 19.1 Å². The molecule has 0 fully saturated rings. The van der Waals surface area contributed by atoms with Gasteiger partial charge in [-0.3, -0.25) is 4.79 Å². The number of esters is 1. The van der Waals surface area contributed by atoms with Crippen LogP contribution in [0.5, 0.6) is 0 Å². The third-order valence-corrected chi connectivity index (χ3v) is 6.17. The molecule has 1 aliphatic heterocycles. The van der Waals surface area contributed by atoms with Gasteiger partial charge in [0.1, 0.15) is 0 Å². The minimum atomic E-state index is -0.778. The molecule has 6 heteroatoms. The number of aryl methyl sites for hydroxylation is 1. The molecular formula is C26H24N2O4. The van der Waals surface area contributed by atoms with Crippen molar-refractivity contribution >= 4 is 28.3 Å². The van der Waals surface area contributed by atoms with Crippen LogP contribution in [0.2, 0.25) is 0 Å². The highest BCUT2D eigenvalue weighted by atomic mass is 16.7. The van der Waals surface area contributed by atoms with Crippen LogP contribution in [0.15, 0.2) is 65.9 Å². The maximum absolute atomic E-state index is 13.1. The van der Waals surface area contributed by atoms with E-state index in [1.807, 2.05) is 25.7 Å². The molecule has 1 unspecified atom stereocenters. The number of ketones is 1. The van der Waals surface area contributed by atoms with E-state index in [0.717, 1.165) is 33.3 Å². The predicted molar refractivity (Wildman–Crippen MR) is 124 cm³/mol. The Kier molecular flexibility index (Phi) is 4.66. The number of nitrogens with zero attached hydrogens (tertiary/aromatic N) is 2. The molecule has 1 aromatic heterocycles. The Hall–Kier alpha value is -3.80. The summed E-state index contributed by atoms with van der Waals surface area (Å²) in [7, 11) is 5.96. The second-order valence-corrected chi connectivity index (χ2v) is 8.47. The van der Waals surface area contributed by atoms with Crippen molar-refractivity contribution in [2.24, 2.45) is 7.05 Å². The van der Waals surface area contributed by atoms with Gasteiger partial charge < -0.3 is 18.9 Å². The standard InChI is InChI=1S/C26H24N2O4/c1-15-11-23(32-26(15)30)31-14-18-13-21-20-12-17(16-5-8-19(9-6-16)27(2)3)7-10-22(20)28(4)24(21)25(18)29/h5-12,14,23H,13H2,1-4H3/b18-14+. The number of hydrogen-bond acceptors (Lipinski definition) is 5. The van der Waals surface area contributed by atoms with Crippen LogP contribution >= 0.6 is 0 Å². The van der Waals surface area contributed by atoms with Gasteiger partial charge >= 0.3 is 5.97 Å². The van der Waals surface area contributed by atoms with E-state index in [2.05, 4.69) is 47.4 Å². The Labute approximate surface area is 186 Å². The minimum Gasteiger partial charge on any atom is -0.458 e. The summed E-state index contributed by atoms with van der Waals surface area (Å²) in [6.45, 7) is 1.67. The third-order valence-electron chi connectivity index (χ3n) is 6.17. The van der Waals surface area contributed by atoms with E-state index >= 15 is 0 Å². The zero-order chi connectivity index (χ0) is 22.6. The lowest BCUT2D eigenvalue weighted by Crippen LogP contribution is -2.11. The number of cyclic esters (lactones) is 1. The lowest BCUT2D eigenvalue weighted by molar-refractivity contribution is -0.152. The highest BCUT2D eigenvalue weighted by molar-refractivity contribution is 6.16. The smallest absolute Gasteiger partial charge is 0.336 e. The Morgan fingerprint density at radius 2 is 1.81 bits per heavy atom. The van der Waals surface area contributed by atoms with Gasteiger partial charge in [-0.25, -0.2) is 4.79 Å². The summed E-state index contributed by atoms with van der Waals surface area (Å²) in [4.78, 5) is 26.7. The van der Waals surface area contributed by atoms with Crippen molar-refractivity contribution in [3.05, 3.63) is 77.2 Å². The highest BCUT2D eigenvalue weighted by Gasteiger charge is 2.32. The van der Waals surface area contributed by atoms with E-state index in [4.69, 9.17) is 9.47 Å². The Morgan fingerprint density at radius 1 is 1.09 bits per heavy atom. The number of Topliss-reactive ketones (excluding diaryl/α,β-unsaturated/α-hetero) is 1. The maximum Gasteiger partial charge on any atom is 0.336 e. The summed E-state index contributed by atoms with van der Waals surface area (Å²) >= 11 is 0. The van der Waals surface area contributed by atoms with Crippen molar-refractivity contribution in [3.8, 4) is 11.1 Å². The fourth-order valence-corrected chi connectivity index (χ4v) is 4.36. The summed E-state index contributed by atoms with van der Waals surface area (Å²) in [5.74, 6) is -0.452. The summed E-state index contributed by atoms with van der Waals surface area (Å²) in [5, 5.41) is 1.07. The quantitative estimate of drug-likeness (QED) is 0.351. The van der Waals surface area contributed by atoms with Crippen molar-refractivity contribution in [3.63, 3.8) is 0 Å². The molecule has 2 aliphatic rings. The van der Waals surface area contributed by atoms with E-state index < -0.39 is 12.3 Å². The summed E-state index contributed by atoms with van der Waals surface area (Å²) in [6, 6.07) is 14.7. The van der Waals surface area contributed by atoms with Gasteiger partial charge in [0.25, 0.3) is 6.29 Å². The molecular weight excluding hydrogens is 404 g/mol. The first kappa shape index (κ1) is 20.1. The van der Waals surface area contributed by atoms with Crippen LogP contribution in [-0.2, 0) is 27.7 Å². The van der Waals surface area contributed by atoms with E-state index in [0.29, 0.717) is 23.3 Å². The predicted octanol–water partition coefficient (Wildman–Crippen LogP) is 4.38. The second kappa shape index (κ2) is 7.41. The normalized spacial score (nSPS) is 18.8. The number of hydrogen-bond donors (Lipinski definition) is 0. The van der Waals surface area contributed by atoms with Crippen molar-refractivity contribution in [1.29, 1.82) is 0 Å². The number of benzene rings is 2. The largest absolute Gasteiger partial charge is 0.458 e. The van der Waals surface area contributed by atoms with Crippen LogP contribution in [0.1, 0.15) is 23.0 Å². The Morgan fingerprint density at radius 3 is 2.47 bits per heavy atom. The Balaban J connectivity index is 1.47. The van der Waals surface area contributed by atoms with Crippen molar-refractivity contribution in [2.75, 3.05) is 19.0 Å². The maximum atomic E-state index is 13.1. The molecule has 0 bridgehead atoms. The number of fused-ring (bicyclic) bond motifs is 3. The number of carbonyl (C=O) groups excluding carboxylic acids is 2. The first-order valence-electron chi connectivity index (χ1n) is 10.5. The second-order valence-electron chi connectivity index (χ2n) is 8.47. The zero-order valence-corrected chi connectivity index (χ0v) is 18.5. The van der Waals surface area contributed by atoms with E-state index in [9.17, 15) is 9.59 Å². The van der Waals surface area contributed by atoms with Gasteiger partial charge in [-0.05, 0) is 47.9 Å². The number of carbonyl (C=O) groups is 2. The molecule has 2 aromatic carbocycles. The molecule has 1 aliphatic carbocycles. The number of aromatic nitrogens is 1. The fraction of sp³-hybridized carbons (Fsp3) is 0.231. The monoisotopic (exact) mass is 428 g/mol. The molecule has 162 valence electrons. The molecule has 3 aromatic rings. The van der Waals surface area contributed by atoms with Crippen molar-refractivity contribution in [1.82, 2.24) is 4.57 Å². The molecule has 32 heavy (non-hydrogen) atoms. The van der Waals surface area contributed by atoms with Crippen LogP contribution in [0.4, 0.5) is 5.69 Å². The van der Waals surface area contributed by atoms with E-state index in [-0.39, 0.29) is 5.78 Å². The Bertz CT molecular complexity index is 1330. The fourth-order valence-electron chi connectivity index (χ4n) is 4.36. The molecule has 0 N–H and O–H groups in total. The molecule has 1 atom stereocenters. The van der Waals surface area contributed by atoms with Gasteiger partial charge in [0.05, 0.1) is 12.0 Å². The van der Waals surface area contributed by atoms with Gasteiger partial charge in [-0.1, -0.05) is 18.2 Å². The molecule has 0 amide bonds. The number of allylic oxidation sites excluding steroid dienone is 1. The lowest BCUT2D eigenvalue weighted by Gasteiger charge is -2.13. The summed E-state index contributed by atoms with van der Waals surface area (Å²) < 4.78 is 12.6. The van der Waals surface area contributed by atoms with Crippen LogP contribution < -0.4 is 4.90 Å². The van der Waals surface area contributed by atoms with Crippen LogP contribution in [0.25, 0.3) is 22.0 Å². The first-order valence-corrected chi connectivity index (χ1v) is 10.5. The molecule has 5 rings (SSSR count). The van der Waals surface area contributed by atoms with Crippen LogP contribution in [0.3, 0.4) is 0 Å². The molecule has 0 spiro atoms. The van der Waals surface area contributed by atoms with Crippen LogP contribution in [-0.4, -0.2) is 36.7 Å². The van der Waals surface area contributed by atoms with Gasteiger partial charge in [0.2, 0.25) is 5.78 Å². The van der Waals surface area contributed by atoms with Crippen LogP contribution in [0, 0.1) is 0 Å². The van der Waals surface area contributed by atoms with E-state index in [1.165, 1.54) is 6.26 Å². The molecule has 0 saturated carbocycles. The number of anilines is 1. The minimum absolute atomic E-state index is 0.0550. The molecule has 6 nitrogen and oxygen atoms in total. The zero-order valence-electron chi connectivity index (χ0n) is 18.5. The SMILES string of the molecule is CC1=CC(O/C=C2\Cc3c(n(C)c4ccc(-c5ccc(N(C)C)cc5)cc34)C2=O)OC1=O. The van der Waals surface area contributed by atoms with Crippen molar-refractivity contribution in [2.45, 2.75) is 19.6 Å². The molecule has 0 saturated heterocycles. The van der Waals surface area contributed by atoms with Gasteiger partial charge in [0, 0.05) is 61.4 Å². The molecule has 2 heterocycles. The number of ether oxygens (including phenoxy) is 2. The first-order chi connectivity index (χ1) is 15.3. The van der Waals surface area contributed by atoms with Gasteiger partial charge in [-0.15, -0.1) is 0 Å². The number of rotatable bonds is 4. The lowest BCUT2D eigenvalue weighted by atomic mass is 10.0. The molecule has 0 radical (unpaired) electrons. The average molecular weight is 428 g/mol. The van der Waals surface area contributed by atoms with E-state index in [1.54, 1.807) is 13.0 Å². The van der Waals surface area contributed by atoms with Gasteiger partial charge in [0.15, 0.2) is 0 Å². The average Bonchev–Trinajstić information content (AvgIpc) is 3.38.